The van der Waals surface area contributed by atoms with Crippen LogP contribution in [-0.4, -0.2) is 38.3 Å². The number of hydrogen-bond donors (Lipinski definition) is 1. The van der Waals surface area contributed by atoms with E-state index in [0.717, 1.165) is 23.9 Å². The highest BCUT2D eigenvalue weighted by Gasteiger charge is 2.25. The van der Waals surface area contributed by atoms with Crippen molar-refractivity contribution in [1.82, 2.24) is 14.5 Å². The number of likely N-dealkylation sites (tertiary alicyclic amines) is 1. The Hall–Kier alpha value is -1.88. The van der Waals surface area contributed by atoms with Crippen molar-refractivity contribution < 1.29 is 9.90 Å². The number of carbonyl (C=O) groups is 1. The molecule has 5 nitrogen and oxygen atoms in total. The zero-order chi connectivity index (χ0) is 13.2. The fourth-order valence-corrected chi connectivity index (χ4v) is 2.60. The SMILES string of the molecule is O=C1CCCC(O)N1CCc1cnn2ccccc12. The summed E-state index contributed by atoms with van der Waals surface area (Å²) in [5.74, 6) is 0.0511. The molecule has 1 unspecified atom stereocenters. The number of aliphatic hydroxyl groups is 1. The predicted octanol–water partition coefficient (Wildman–Crippen LogP) is 1.21. The van der Waals surface area contributed by atoms with Gasteiger partial charge in [-0.05, 0) is 37.0 Å². The number of fused-ring (bicyclic) bond motifs is 1. The van der Waals surface area contributed by atoms with Crippen LogP contribution < -0.4 is 0 Å². The molecular weight excluding hydrogens is 242 g/mol. The van der Waals surface area contributed by atoms with E-state index in [1.165, 1.54) is 0 Å². The number of rotatable bonds is 3. The van der Waals surface area contributed by atoms with Gasteiger partial charge in [-0.25, -0.2) is 4.52 Å². The van der Waals surface area contributed by atoms with Gasteiger partial charge >= 0.3 is 0 Å². The lowest BCUT2D eigenvalue weighted by molar-refractivity contribution is -0.146. The van der Waals surface area contributed by atoms with Crippen molar-refractivity contribution in [2.45, 2.75) is 31.9 Å². The highest BCUT2D eigenvalue weighted by Crippen LogP contribution is 2.18. The van der Waals surface area contributed by atoms with Crippen LogP contribution in [0.1, 0.15) is 24.8 Å². The molecule has 0 saturated carbocycles. The molecule has 2 aromatic rings. The Morgan fingerprint density at radius 1 is 1.42 bits per heavy atom. The first-order valence-corrected chi connectivity index (χ1v) is 6.64. The largest absolute Gasteiger partial charge is 0.374 e. The van der Waals surface area contributed by atoms with Crippen LogP contribution in [0.4, 0.5) is 0 Å². The van der Waals surface area contributed by atoms with Gasteiger partial charge in [0.15, 0.2) is 0 Å². The summed E-state index contributed by atoms with van der Waals surface area (Å²) in [6.07, 6.45) is 5.84. The van der Waals surface area contributed by atoms with E-state index < -0.39 is 6.23 Å². The third-order valence-corrected chi connectivity index (χ3v) is 3.66. The van der Waals surface area contributed by atoms with Crippen molar-refractivity contribution in [1.29, 1.82) is 0 Å². The fourth-order valence-electron chi connectivity index (χ4n) is 2.60. The van der Waals surface area contributed by atoms with Crippen molar-refractivity contribution in [2.75, 3.05) is 6.54 Å². The third-order valence-electron chi connectivity index (χ3n) is 3.66. The first-order valence-electron chi connectivity index (χ1n) is 6.64. The molecule has 1 atom stereocenters. The zero-order valence-electron chi connectivity index (χ0n) is 10.7. The lowest BCUT2D eigenvalue weighted by atomic mass is 10.1. The summed E-state index contributed by atoms with van der Waals surface area (Å²) in [4.78, 5) is 13.4. The van der Waals surface area contributed by atoms with Crippen LogP contribution in [0.25, 0.3) is 5.52 Å². The van der Waals surface area contributed by atoms with Gasteiger partial charge in [0, 0.05) is 19.2 Å². The maximum absolute atomic E-state index is 11.8. The summed E-state index contributed by atoms with van der Waals surface area (Å²) in [7, 11) is 0. The van der Waals surface area contributed by atoms with Crippen molar-refractivity contribution >= 4 is 11.4 Å². The van der Waals surface area contributed by atoms with E-state index >= 15 is 0 Å². The van der Waals surface area contributed by atoms with Crippen LogP contribution in [-0.2, 0) is 11.2 Å². The van der Waals surface area contributed by atoms with Gasteiger partial charge in [-0.2, -0.15) is 5.10 Å². The highest BCUT2D eigenvalue weighted by molar-refractivity contribution is 5.77. The number of hydrogen-bond acceptors (Lipinski definition) is 3. The number of carbonyl (C=O) groups excluding carboxylic acids is 1. The maximum Gasteiger partial charge on any atom is 0.224 e. The van der Waals surface area contributed by atoms with Gasteiger partial charge in [-0.3, -0.25) is 4.79 Å². The van der Waals surface area contributed by atoms with Gasteiger partial charge in [0.1, 0.15) is 6.23 Å². The number of aromatic nitrogens is 2. The number of piperidine rings is 1. The van der Waals surface area contributed by atoms with E-state index in [2.05, 4.69) is 5.10 Å². The van der Waals surface area contributed by atoms with Crippen LogP contribution in [0.15, 0.2) is 30.6 Å². The second-order valence-electron chi connectivity index (χ2n) is 4.91. The van der Waals surface area contributed by atoms with Crippen LogP contribution >= 0.6 is 0 Å². The van der Waals surface area contributed by atoms with Crippen molar-refractivity contribution in [2.24, 2.45) is 0 Å². The summed E-state index contributed by atoms with van der Waals surface area (Å²) in [5.41, 5.74) is 2.16. The molecular formula is C14H17N3O2. The monoisotopic (exact) mass is 259 g/mol. The summed E-state index contributed by atoms with van der Waals surface area (Å²) in [5, 5.41) is 14.1. The zero-order valence-corrected chi connectivity index (χ0v) is 10.7. The van der Waals surface area contributed by atoms with Gasteiger partial charge in [-0.1, -0.05) is 6.07 Å². The van der Waals surface area contributed by atoms with Crippen LogP contribution in [0.3, 0.4) is 0 Å². The Labute approximate surface area is 111 Å². The van der Waals surface area contributed by atoms with E-state index in [1.54, 1.807) is 4.90 Å². The summed E-state index contributed by atoms with van der Waals surface area (Å²) in [6.45, 7) is 0.552. The van der Waals surface area contributed by atoms with Crippen molar-refractivity contribution in [3.05, 3.63) is 36.2 Å². The molecule has 3 heterocycles. The predicted molar refractivity (Wildman–Crippen MR) is 70.5 cm³/mol. The molecule has 0 aliphatic carbocycles. The molecule has 5 heteroatoms. The average Bonchev–Trinajstić information content (AvgIpc) is 2.82. The Balaban J connectivity index is 1.73. The summed E-state index contributed by atoms with van der Waals surface area (Å²) in [6, 6.07) is 5.92. The molecule has 0 spiro atoms. The molecule has 0 bridgehead atoms. The molecule has 1 aliphatic heterocycles. The van der Waals surface area contributed by atoms with E-state index in [-0.39, 0.29) is 5.91 Å². The van der Waals surface area contributed by atoms with Gasteiger partial charge in [-0.15, -0.1) is 0 Å². The Morgan fingerprint density at radius 2 is 2.32 bits per heavy atom. The fraction of sp³-hybridized carbons (Fsp3) is 0.429. The minimum Gasteiger partial charge on any atom is -0.374 e. The van der Waals surface area contributed by atoms with Crippen LogP contribution in [0.5, 0.6) is 0 Å². The first-order chi connectivity index (χ1) is 9.25. The van der Waals surface area contributed by atoms with Gasteiger partial charge < -0.3 is 10.0 Å². The highest BCUT2D eigenvalue weighted by atomic mass is 16.3. The standard InChI is InChI=1S/C14H17N3O2/c18-13-5-3-6-14(19)16(13)9-7-11-10-15-17-8-2-1-4-12(11)17/h1-2,4,8,10,13,18H,3,5-7,9H2. The topological polar surface area (TPSA) is 57.8 Å². The second kappa shape index (κ2) is 5.01. The Kier molecular flexibility index (Phi) is 3.21. The molecule has 1 amide bonds. The molecule has 0 aromatic carbocycles. The van der Waals surface area contributed by atoms with E-state index in [0.29, 0.717) is 19.4 Å². The molecule has 0 radical (unpaired) electrons. The quantitative estimate of drug-likeness (QED) is 0.901. The number of aliphatic hydroxyl groups excluding tert-OH is 1. The van der Waals surface area contributed by atoms with Crippen LogP contribution in [0, 0.1) is 0 Å². The molecule has 1 aliphatic rings. The summed E-state index contributed by atoms with van der Waals surface area (Å²) < 4.78 is 1.82. The van der Waals surface area contributed by atoms with Crippen LogP contribution in [0.2, 0.25) is 0 Å². The lowest BCUT2D eigenvalue weighted by Crippen LogP contribution is -2.44. The molecule has 1 saturated heterocycles. The van der Waals surface area contributed by atoms with E-state index in [1.807, 2.05) is 35.1 Å². The van der Waals surface area contributed by atoms with Gasteiger partial charge in [0.25, 0.3) is 0 Å². The van der Waals surface area contributed by atoms with Crippen molar-refractivity contribution in [3.63, 3.8) is 0 Å². The first kappa shape index (κ1) is 12.2. The maximum atomic E-state index is 11.8. The van der Waals surface area contributed by atoms with Crippen molar-refractivity contribution in [3.8, 4) is 0 Å². The molecule has 100 valence electrons. The average molecular weight is 259 g/mol. The van der Waals surface area contributed by atoms with Gasteiger partial charge in [0.05, 0.1) is 11.7 Å². The van der Waals surface area contributed by atoms with Gasteiger partial charge in [0.2, 0.25) is 5.91 Å². The molecule has 1 N–H and O–H groups in total. The normalized spacial score (nSPS) is 20.2. The smallest absolute Gasteiger partial charge is 0.224 e. The second-order valence-corrected chi connectivity index (χ2v) is 4.91. The Bertz CT molecular complexity index is 593. The molecule has 19 heavy (non-hydrogen) atoms. The number of nitrogens with zero attached hydrogens (tertiary/aromatic N) is 3. The summed E-state index contributed by atoms with van der Waals surface area (Å²) >= 11 is 0. The molecule has 1 fully saturated rings. The molecule has 3 rings (SSSR count). The third kappa shape index (κ3) is 2.33. The van der Waals surface area contributed by atoms with E-state index in [4.69, 9.17) is 0 Å². The minimum atomic E-state index is -0.622. The van der Waals surface area contributed by atoms with E-state index in [9.17, 15) is 9.90 Å². The number of pyridine rings is 1. The molecule has 2 aromatic heterocycles. The Morgan fingerprint density at radius 3 is 3.16 bits per heavy atom. The lowest BCUT2D eigenvalue weighted by Gasteiger charge is -2.31. The minimum absolute atomic E-state index is 0.0511. The number of amides is 1.